The van der Waals surface area contributed by atoms with Crippen molar-refractivity contribution in [1.82, 2.24) is 0 Å². The zero-order valence-corrected chi connectivity index (χ0v) is 10.7. The maximum atomic E-state index is 12.1. The molecule has 1 nitrogen and oxygen atoms in total. The SMILES string of the molecule is Cc1csc(C(=O)c2ccsc2C)c1Cl. The molecule has 0 aromatic carbocycles. The highest BCUT2D eigenvalue weighted by atomic mass is 35.5. The van der Waals surface area contributed by atoms with Crippen LogP contribution in [0.15, 0.2) is 16.8 Å². The van der Waals surface area contributed by atoms with Crippen LogP contribution in [-0.2, 0) is 0 Å². The van der Waals surface area contributed by atoms with Crippen LogP contribution in [0.4, 0.5) is 0 Å². The number of hydrogen-bond donors (Lipinski definition) is 0. The van der Waals surface area contributed by atoms with Crippen molar-refractivity contribution >= 4 is 40.1 Å². The largest absolute Gasteiger partial charge is 0.288 e. The van der Waals surface area contributed by atoms with Gasteiger partial charge in [0.25, 0.3) is 0 Å². The number of aryl methyl sites for hydroxylation is 2. The third-order valence-corrected chi connectivity index (χ3v) is 4.75. The maximum absolute atomic E-state index is 12.1. The smallest absolute Gasteiger partial charge is 0.205 e. The number of rotatable bonds is 2. The average Bonchev–Trinajstić information content (AvgIpc) is 2.75. The summed E-state index contributed by atoms with van der Waals surface area (Å²) in [6, 6.07) is 1.85. The molecule has 2 heterocycles. The molecule has 0 unspecified atom stereocenters. The lowest BCUT2D eigenvalue weighted by Gasteiger charge is -1.97. The van der Waals surface area contributed by atoms with Crippen molar-refractivity contribution in [2.24, 2.45) is 0 Å². The first kappa shape index (κ1) is 10.9. The number of carbonyl (C=O) groups is 1. The van der Waals surface area contributed by atoms with Gasteiger partial charge in [-0.15, -0.1) is 22.7 Å². The van der Waals surface area contributed by atoms with E-state index in [4.69, 9.17) is 11.6 Å². The molecule has 0 aliphatic rings. The molecule has 0 N–H and O–H groups in total. The highest BCUT2D eigenvalue weighted by Crippen LogP contribution is 2.30. The molecule has 2 rings (SSSR count). The van der Waals surface area contributed by atoms with E-state index in [0.29, 0.717) is 9.90 Å². The monoisotopic (exact) mass is 256 g/mol. The number of thiophene rings is 2. The Kier molecular flexibility index (Phi) is 2.96. The van der Waals surface area contributed by atoms with Crippen LogP contribution in [-0.4, -0.2) is 5.78 Å². The minimum absolute atomic E-state index is 0.0388. The van der Waals surface area contributed by atoms with Crippen molar-refractivity contribution in [3.05, 3.63) is 42.7 Å². The summed E-state index contributed by atoms with van der Waals surface area (Å²) < 4.78 is 0. The van der Waals surface area contributed by atoms with E-state index in [0.717, 1.165) is 16.0 Å². The van der Waals surface area contributed by atoms with Gasteiger partial charge in [-0.3, -0.25) is 4.79 Å². The Bertz CT molecular complexity index is 510. The summed E-state index contributed by atoms with van der Waals surface area (Å²) in [5.41, 5.74) is 1.74. The van der Waals surface area contributed by atoms with Gasteiger partial charge >= 0.3 is 0 Å². The molecule has 78 valence electrons. The van der Waals surface area contributed by atoms with Crippen LogP contribution >= 0.6 is 34.3 Å². The molecule has 4 heteroatoms. The highest BCUT2D eigenvalue weighted by Gasteiger charge is 2.18. The van der Waals surface area contributed by atoms with Gasteiger partial charge in [0.1, 0.15) is 0 Å². The fourth-order valence-corrected chi connectivity index (χ4v) is 3.25. The van der Waals surface area contributed by atoms with Crippen molar-refractivity contribution in [2.75, 3.05) is 0 Å². The van der Waals surface area contributed by atoms with E-state index in [1.807, 2.05) is 30.7 Å². The Morgan fingerprint density at radius 1 is 1.33 bits per heavy atom. The predicted molar refractivity (Wildman–Crippen MR) is 66.6 cm³/mol. The van der Waals surface area contributed by atoms with E-state index in [1.165, 1.54) is 11.3 Å². The molecule has 0 saturated heterocycles. The second kappa shape index (κ2) is 4.08. The fourth-order valence-electron chi connectivity index (χ4n) is 1.33. The zero-order valence-electron chi connectivity index (χ0n) is 8.33. The first-order valence-corrected chi connectivity index (χ1v) is 6.57. The van der Waals surface area contributed by atoms with Crippen molar-refractivity contribution in [3.8, 4) is 0 Å². The topological polar surface area (TPSA) is 17.1 Å². The molecule has 2 aromatic heterocycles. The molecule has 0 spiro atoms. The van der Waals surface area contributed by atoms with Crippen molar-refractivity contribution in [3.63, 3.8) is 0 Å². The Hall–Kier alpha value is -0.640. The average molecular weight is 257 g/mol. The number of carbonyl (C=O) groups excluding carboxylic acids is 1. The van der Waals surface area contributed by atoms with Gasteiger partial charge in [0.15, 0.2) is 0 Å². The standard InChI is InChI=1S/C11H9ClOS2/c1-6-5-15-11(9(6)12)10(13)8-3-4-14-7(8)2/h3-5H,1-2H3. The first-order chi connectivity index (χ1) is 7.11. The van der Waals surface area contributed by atoms with Crippen LogP contribution in [0.3, 0.4) is 0 Å². The molecule has 15 heavy (non-hydrogen) atoms. The van der Waals surface area contributed by atoms with Crippen molar-refractivity contribution in [1.29, 1.82) is 0 Å². The zero-order chi connectivity index (χ0) is 11.0. The van der Waals surface area contributed by atoms with E-state index >= 15 is 0 Å². The van der Waals surface area contributed by atoms with Crippen LogP contribution in [0.5, 0.6) is 0 Å². The summed E-state index contributed by atoms with van der Waals surface area (Å²) in [7, 11) is 0. The van der Waals surface area contributed by atoms with Crippen LogP contribution in [0, 0.1) is 13.8 Å². The Morgan fingerprint density at radius 3 is 2.53 bits per heavy atom. The van der Waals surface area contributed by atoms with Crippen LogP contribution in [0.1, 0.15) is 25.7 Å². The Morgan fingerprint density at radius 2 is 2.07 bits per heavy atom. The number of ketones is 1. The molecule has 2 aromatic rings. The molecule has 0 bridgehead atoms. The lowest BCUT2D eigenvalue weighted by molar-refractivity contribution is 0.104. The van der Waals surface area contributed by atoms with Crippen molar-refractivity contribution < 1.29 is 4.79 Å². The molecular weight excluding hydrogens is 248 g/mol. The molecule has 0 aliphatic carbocycles. The fraction of sp³-hybridized carbons (Fsp3) is 0.182. The van der Waals surface area contributed by atoms with Gasteiger partial charge in [-0.25, -0.2) is 0 Å². The van der Waals surface area contributed by atoms with Gasteiger partial charge < -0.3 is 0 Å². The Labute approximate surface area is 101 Å². The third kappa shape index (κ3) is 1.87. The summed E-state index contributed by atoms with van der Waals surface area (Å²) in [4.78, 5) is 13.8. The second-order valence-electron chi connectivity index (χ2n) is 3.28. The summed E-state index contributed by atoms with van der Waals surface area (Å²) in [5.74, 6) is 0.0388. The first-order valence-electron chi connectivity index (χ1n) is 4.43. The van der Waals surface area contributed by atoms with Gasteiger partial charge in [0.05, 0.1) is 9.90 Å². The van der Waals surface area contributed by atoms with Crippen LogP contribution < -0.4 is 0 Å². The van der Waals surface area contributed by atoms with E-state index in [-0.39, 0.29) is 5.78 Å². The lowest BCUT2D eigenvalue weighted by atomic mass is 10.1. The van der Waals surface area contributed by atoms with E-state index in [1.54, 1.807) is 11.3 Å². The van der Waals surface area contributed by atoms with Crippen LogP contribution in [0.25, 0.3) is 0 Å². The van der Waals surface area contributed by atoms with Gasteiger partial charge in [-0.2, -0.15) is 0 Å². The summed E-state index contributed by atoms with van der Waals surface area (Å²) in [6.45, 7) is 3.86. The summed E-state index contributed by atoms with van der Waals surface area (Å²) in [5, 5.41) is 4.43. The normalized spacial score (nSPS) is 10.6. The quantitative estimate of drug-likeness (QED) is 0.732. The van der Waals surface area contributed by atoms with Gasteiger partial charge in [-0.05, 0) is 36.2 Å². The molecule has 0 aliphatic heterocycles. The lowest BCUT2D eigenvalue weighted by Crippen LogP contribution is -1.99. The minimum atomic E-state index is 0.0388. The Balaban J connectivity index is 2.46. The highest BCUT2D eigenvalue weighted by molar-refractivity contribution is 7.13. The van der Waals surface area contributed by atoms with Gasteiger partial charge in [0.2, 0.25) is 5.78 Å². The second-order valence-corrected chi connectivity index (χ2v) is 5.66. The molecule has 0 fully saturated rings. The van der Waals surface area contributed by atoms with E-state index in [2.05, 4.69) is 0 Å². The third-order valence-electron chi connectivity index (χ3n) is 2.21. The minimum Gasteiger partial charge on any atom is -0.288 e. The summed E-state index contributed by atoms with van der Waals surface area (Å²) in [6.07, 6.45) is 0. The van der Waals surface area contributed by atoms with Gasteiger partial charge in [0, 0.05) is 10.4 Å². The molecule has 0 atom stereocenters. The molecular formula is C11H9ClOS2. The molecule has 0 saturated carbocycles. The molecule has 0 radical (unpaired) electrons. The molecule has 0 amide bonds. The maximum Gasteiger partial charge on any atom is 0.205 e. The van der Waals surface area contributed by atoms with E-state index < -0.39 is 0 Å². The van der Waals surface area contributed by atoms with Gasteiger partial charge in [-0.1, -0.05) is 11.6 Å². The summed E-state index contributed by atoms with van der Waals surface area (Å²) >= 11 is 9.06. The predicted octanol–water partition coefficient (Wildman–Crippen LogP) is 4.31. The van der Waals surface area contributed by atoms with Crippen molar-refractivity contribution in [2.45, 2.75) is 13.8 Å². The van der Waals surface area contributed by atoms with Crippen LogP contribution in [0.2, 0.25) is 5.02 Å². The van der Waals surface area contributed by atoms with E-state index in [9.17, 15) is 4.79 Å². The number of hydrogen-bond acceptors (Lipinski definition) is 3. The number of halogens is 1.